The molecule has 4 rings (SSSR count). The Morgan fingerprint density at radius 1 is 1.15 bits per heavy atom. The van der Waals surface area contributed by atoms with Gasteiger partial charge >= 0.3 is 0 Å². The highest BCUT2D eigenvalue weighted by Crippen LogP contribution is 2.39. The van der Waals surface area contributed by atoms with Gasteiger partial charge in [0.1, 0.15) is 11.9 Å². The summed E-state index contributed by atoms with van der Waals surface area (Å²) < 4.78 is 33.7. The number of rotatable bonds is 6. The molecule has 0 saturated heterocycles. The summed E-state index contributed by atoms with van der Waals surface area (Å²) in [6, 6.07) is 17.6. The van der Waals surface area contributed by atoms with Crippen molar-refractivity contribution in [1.82, 2.24) is 0 Å². The Morgan fingerprint density at radius 2 is 1.91 bits per heavy atom. The van der Waals surface area contributed by atoms with Gasteiger partial charge in [-0.05, 0) is 54.1 Å². The summed E-state index contributed by atoms with van der Waals surface area (Å²) in [7, 11) is -4.00. The molecule has 0 radical (unpaired) electrons. The number of aliphatic hydroxyl groups is 1. The predicted molar refractivity (Wildman–Crippen MR) is 127 cm³/mol. The highest BCUT2D eigenvalue weighted by molar-refractivity contribution is 7.92. The molecule has 10 heteroatoms. The predicted octanol–water partition coefficient (Wildman–Crippen LogP) is 3.05. The van der Waals surface area contributed by atoms with E-state index in [0.717, 1.165) is 9.87 Å². The number of fused-ring (bicyclic) bond motifs is 1. The lowest BCUT2D eigenvalue weighted by Gasteiger charge is -2.35. The number of nitrogen functional groups attached to an aromatic ring is 1. The Hall–Kier alpha value is -3.27. The Bertz CT molecular complexity index is 1280. The average molecular weight is 488 g/mol. The maximum atomic E-state index is 13.4. The van der Waals surface area contributed by atoms with Gasteiger partial charge in [0.25, 0.3) is 10.0 Å². The average Bonchev–Trinajstić information content (AvgIpc) is 2.79. The summed E-state index contributed by atoms with van der Waals surface area (Å²) in [5.74, 6) is 0.0101. The van der Waals surface area contributed by atoms with Crippen molar-refractivity contribution in [2.24, 2.45) is 0 Å². The molecule has 0 bridgehead atoms. The van der Waals surface area contributed by atoms with Crippen LogP contribution in [0, 0.1) is 0 Å². The molecule has 1 aliphatic rings. The number of aliphatic hydroxyl groups excluding tert-OH is 1. The van der Waals surface area contributed by atoms with Gasteiger partial charge in [-0.3, -0.25) is 9.10 Å². The molecule has 33 heavy (non-hydrogen) atoms. The van der Waals surface area contributed by atoms with Crippen LogP contribution in [-0.2, 0) is 21.2 Å². The molecule has 0 fully saturated rings. The summed E-state index contributed by atoms with van der Waals surface area (Å²) in [4.78, 5) is 12.5. The van der Waals surface area contributed by atoms with Crippen LogP contribution < -0.4 is 20.1 Å². The van der Waals surface area contributed by atoms with E-state index in [9.17, 15) is 18.3 Å². The van der Waals surface area contributed by atoms with Gasteiger partial charge < -0.3 is 20.9 Å². The molecule has 1 amide bonds. The smallest absolute Gasteiger partial charge is 0.264 e. The quantitative estimate of drug-likeness (QED) is 0.459. The fourth-order valence-electron chi connectivity index (χ4n) is 3.51. The number of ether oxygens (including phenoxy) is 1. The van der Waals surface area contributed by atoms with E-state index >= 15 is 0 Å². The number of carbonyl (C=O) groups excluding carboxylic acids is 1. The first-order chi connectivity index (χ1) is 15.8. The largest absolute Gasteiger partial charge is 0.484 e. The van der Waals surface area contributed by atoms with Gasteiger partial charge in [-0.1, -0.05) is 29.8 Å². The Morgan fingerprint density at radius 3 is 2.61 bits per heavy atom. The highest BCUT2D eigenvalue weighted by Gasteiger charge is 2.34. The Balaban J connectivity index is 1.63. The second kappa shape index (κ2) is 9.30. The molecule has 1 heterocycles. The summed E-state index contributed by atoms with van der Waals surface area (Å²) in [6.07, 6.45) is -0.610. The van der Waals surface area contributed by atoms with Gasteiger partial charge in [0.2, 0.25) is 5.91 Å². The number of nitrogens with zero attached hydrogens (tertiary/aromatic N) is 1. The third kappa shape index (κ3) is 5.05. The fourth-order valence-corrected chi connectivity index (χ4v) is 5.19. The molecule has 3 aromatic carbocycles. The lowest BCUT2D eigenvalue weighted by Crippen LogP contribution is -2.45. The van der Waals surface area contributed by atoms with Gasteiger partial charge in [-0.15, -0.1) is 0 Å². The third-order valence-corrected chi connectivity index (χ3v) is 7.13. The van der Waals surface area contributed by atoms with Gasteiger partial charge in [0.05, 0.1) is 30.2 Å². The number of amides is 1. The van der Waals surface area contributed by atoms with Crippen LogP contribution in [0.1, 0.15) is 5.56 Å². The number of anilines is 3. The van der Waals surface area contributed by atoms with Crippen LogP contribution in [-0.4, -0.2) is 38.7 Å². The molecule has 0 aromatic heterocycles. The number of hydrogen-bond donors (Lipinski definition) is 3. The second-order valence-electron chi connectivity index (χ2n) is 7.56. The van der Waals surface area contributed by atoms with E-state index in [0.29, 0.717) is 16.4 Å². The molecule has 8 nitrogen and oxygen atoms in total. The number of halogens is 1. The molecular weight excluding hydrogens is 466 g/mol. The van der Waals surface area contributed by atoms with Gasteiger partial charge in [-0.2, -0.15) is 0 Å². The van der Waals surface area contributed by atoms with Crippen molar-refractivity contribution >= 4 is 44.6 Å². The lowest BCUT2D eigenvalue weighted by molar-refractivity contribution is -0.115. The minimum atomic E-state index is -4.00. The van der Waals surface area contributed by atoms with Crippen molar-refractivity contribution < 1.29 is 23.1 Å². The van der Waals surface area contributed by atoms with Crippen molar-refractivity contribution in [3.63, 3.8) is 0 Å². The molecule has 0 unspecified atom stereocenters. The number of nitrogens with one attached hydrogen (secondary N) is 1. The Kier molecular flexibility index (Phi) is 6.46. The number of nitrogens with two attached hydrogens (primary N) is 1. The fraction of sp³-hybridized carbons (Fsp3) is 0.174. The summed E-state index contributed by atoms with van der Waals surface area (Å²) in [5.41, 5.74) is 7.54. The molecule has 0 spiro atoms. The molecule has 3 aromatic rings. The maximum absolute atomic E-state index is 13.4. The van der Waals surface area contributed by atoms with Crippen LogP contribution in [0.15, 0.2) is 71.6 Å². The van der Waals surface area contributed by atoms with Crippen molar-refractivity contribution in [3.8, 4) is 5.75 Å². The SMILES string of the molecule is Nc1cccc(S(=O)(=O)N2C[C@H](CO)Oc3ccc(NC(=O)Cc4ccc(Cl)cc4)cc32)c1. The first-order valence-electron chi connectivity index (χ1n) is 10.1. The zero-order valence-electron chi connectivity index (χ0n) is 17.4. The first kappa shape index (κ1) is 22.9. The lowest BCUT2D eigenvalue weighted by atomic mass is 10.1. The molecule has 1 atom stereocenters. The molecule has 172 valence electrons. The minimum absolute atomic E-state index is 0.0178. The van der Waals surface area contributed by atoms with Crippen molar-refractivity contribution in [3.05, 3.63) is 77.3 Å². The highest BCUT2D eigenvalue weighted by atomic mass is 35.5. The molecule has 0 saturated carbocycles. The monoisotopic (exact) mass is 487 g/mol. The van der Waals surface area contributed by atoms with E-state index in [2.05, 4.69) is 5.32 Å². The van der Waals surface area contributed by atoms with Crippen molar-refractivity contribution in [2.45, 2.75) is 17.4 Å². The number of hydrogen-bond acceptors (Lipinski definition) is 6. The topological polar surface area (TPSA) is 122 Å². The van der Waals surface area contributed by atoms with Crippen molar-refractivity contribution in [1.29, 1.82) is 0 Å². The van der Waals surface area contributed by atoms with Crippen LogP contribution in [0.5, 0.6) is 5.75 Å². The minimum Gasteiger partial charge on any atom is -0.484 e. The van der Waals surface area contributed by atoms with Crippen LogP contribution in [0.25, 0.3) is 0 Å². The number of carbonyl (C=O) groups is 1. The number of sulfonamides is 1. The van der Waals surface area contributed by atoms with E-state index in [1.807, 2.05) is 0 Å². The van der Waals surface area contributed by atoms with Crippen LogP contribution in [0.2, 0.25) is 5.02 Å². The Labute approximate surface area is 196 Å². The third-order valence-electron chi connectivity index (χ3n) is 5.10. The normalized spacial score (nSPS) is 15.5. The zero-order valence-corrected chi connectivity index (χ0v) is 19.0. The van der Waals surface area contributed by atoms with Gasteiger partial charge in [0.15, 0.2) is 0 Å². The van der Waals surface area contributed by atoms with E-state index in [1.54, 1.807) is 48.5 Å². The molecule has 4 N–H and O–H groups in total. The second-order valence-corrected chi connectivity index (χ2v) is 9.86. The number of benzene rings is 3. The van der Waals surface area contributed by atoms with Crippen LogP contribution in [0.3, 0.4) is 0 Å². The first-order valence-corrected chi connectivity index (χ1v) is 11.9. The summed E-state index contributed by atoms with van der Waals surface area (Å²) in [5, 5.41) is 13.0. The van der Waals surface area contributed by atoms with E-state index < -0.39 is 16.1 Å². The zero-order chi connectivity index (χ0) is 23.6. The van der Waals surface area contributed by atoms with Crippen molar-refractivity contribution in [2.75, 3.05) is 28.5 Å². The summed E-state index contributed by atoms with van der Waals surface area (Å²) in [6.45, 7) is -0.454. The standard InChI is InChI=1S/C23H22ClN3O5S/c24-16-6-4-15(5-7-16)10-23(29)26-18-8-9-22-21(12-18)27(13-19(14-28)32-22)33(30,31)20-3-1-2-17(25)11-20/h1-9,11-12,19,28H,10,13-14,25H2,(H,26,29)/t19-/m1/s1. The summed E-state index contributed by atoms with van der Waals surface area (Å²) >= 11 is 5.88. The molecule has 0 aliphatic carbocycles. The van der Waals surface area contributed by atoms with Gasteiger partial charge in [-0.25, -0.2) is 8.42 Å². The molecular formula is C23H22ClN3O5S. The van der Waals surface area contributed by atoms with Crippen LogP contribution in [0.4, 0.5) is 17.1 Å². The van der Waals surface area contributed by atoms with Crippen LogP contribution >= 0.6 is 11.6 Å². The van der Waals surface area contributed by atoms with E-state index in [-0.39, 0.29) is 41.8 Å². The van der Waals surface area contributed by atoms with E-state index in [4.69, 9.17) is 22.1 Å². The van der Waals surface area contributed by atoms with Gasteiger partial charge in [0, 0.05) is 16.4 Å². The molecule has 1 aliphatic heterocycles. The maximum Gasteiger partial charge on any atom is 0.264 e. The van der Waals surface area contributed by atoms with E-state index in [1.165, 1.54) is 18.2 Å².